The van der Waals surface area contributed by atoms with Gasteiger partial charge in [0.25, 0.3) is 0 Å². The largest absolute Gasteiger partial charge is 0.375 e. The van der Waals surface area contributed by atoms with Crippen LogP contribution < -0.4 is 5.73 Å². The number of thiazole rings is 1. The smallest absolute Gasteiger partial charge is 0.180 e. The van der Waals surface area contributed by atoms with Gasteiger partial charge < -0.3 is 5.73 Å². The maximum atomic E-state index is 5.67. The zero-order valence-electron chi connectivity index (χ0n) is 9.71. The van der Waals surface area contributed by atoms with E-state index >= 15 is 0 Å². The highest BCUT2D eigenvalue weighted by molar-refractivity contribution is 7.18. The van der Waals surface area contributed by atoms with Crippen LogP contribution in [-0.2, 0) is 0 Å². The molecular weight excluding hydrogens is 240 g/mol. The molecule has 0 atom stereocenters. The fourth-order valence-corrected chi connectivity index (χ4v) is 2.58. The number of rotatable bonds is 2. The van der Waals surface area contributed by atoms with Crippen molar-refractivity contribution >= 4 is 16.5 Å². The fourth-order valence-electron chi connectivity index (χ4n) is 1.90. The van der Waals surface area contributed by atoms with Crippen LogP contribution in [0.1, 0.15) is 0 Å². The molecule has 0 aliphatic heterocycles. The first kappa shape index (κ1) is 11.0. The average molecular weight is 252 g/mol. The molecular formula is C15H12N2S. The molecule has 2 aromatic carbocycles. The lowest BCUT2D eigenvalue weighted by Gasteiger charge is -2.03. The maximum absolute atomic E-state index is 5.67. The fraction of sp³-hybridized carbons (Fsp3) is 0. The Morgan fingerprint density at radius 1 is 0.833 bits per heavy atom. The highest BCUT2D eigenvalue weighted by atomic mass is 32.1. The van der Waals surface area contributed by atoms with E-state index in [1.165, 1.54) is 22.5 Å². The number of nitrogen functional groups attached to an aromatic ring is 1. The summed E-state index contributed by atoms with van der Waals surface area (Å²) >= 11 is 1.51. The van der Waals surface area contributed by atoms with Crippen LogP contribution in [-0.4, -0.2) is 4.98 Å². The summed E-state index contributed by atoms with van der Waals surface area (Å²) in [7, 11) is 0. The second-order valence-corrected chi connectivity index (χ2v) is 5.07. The van der Waals surface area contributed by atoms with Crippen LogP contribution in [0.25, 0.3) is 21.6 Å². The lowest BCUT2D eigenvalue weighted by atomic mass is 10.0. The van der Waals surface area contributed by atoms with Crippen LogP contribution in [0.3, 0.4) is 0 Å². The van der Waals surface area contributed by atoms with E-state index in [9.17, 15) is 0 Å². The quantitative estimate of drug-likeness (QED) is 0.747. The van der Waals surface area contributed by atoms with Crippen molar-refractivity contribution in [3.05, 3.63) is 60.8 Å². The van der Waals surface area contributed by atoms with Gasteiger partial charge in [-0.3, -0.25) is 0 Å². The van der Waals surface area contributed by atoms with E-state index in [0.29, 0.717) is 5.13 Å². The van der Waals surface area contributed by atoms with E-state index in [4.69, 9.17) is 5.73 Å². The third-order valence-electron chi connectivity index (χ3n) is 2.78. The molecule has 88 valence electrons. The summed E-state index contributed by atoms with van der Waals surface area (Å²) in [6.07, 6.45) is 1.82. The molecule has 0 unspecified atom stereocenters. The first-order valence-electron chi connectivity index (χ1n) is 5.70. The van der Waals surface area contributed by atoms with Gasteiger partial charge in [0, 0.05) is 6.20 Å². The van der Waals surface area contributed by atoms with Crippen molar-refractivity contribution in [3.63, 3.8) is 0 Å². The van der Waals surface area contributed by atoms with Crippen molar-refractivity contribution < 1.29 is 0 Å². The molecule has 3 heteroatoms. The van der Waals surface area contributed by atoms with Gasteiger partial charge in [0.2, 0.25) is 0 Å². The summed E-state index contributed by atoms with van der Waals surface area (Å²) in [4.78, 5) is 5.19. The molecule has 0 radical (unpaired) electrons. The predicted octanol–water partition coefficient (Wildman–Crippen LogP) is 4.06. The molecule has 18 heavy (non-hydrogen) atoms. The number of nitrogens with two attached hydrogens (primary N) is 1. The molecule has 2 N–H and O–H groups in total. The molecule has 1 aromatic heterocycles. The number of hydrogen-bond acceptors (Lipinski definition) is 3. The second kappa shape index (κ2) is 4.63. The summed E-state index contributed by atoms with van der Waals surface area (Å²) in [5.74, 6) is 0. The summed E-state index contributed by atoms with van der Waals surface area (Å²) in [5.41, 5.74) is 9.26. The van der Waals surface area contributed by atoms with Crippen molar-refractivity contribution in [2.75, 3.05) is 5.73 Å². The zero-order chi connectivity index (χ0) is 12.4. The molecule has 0 fully saturated rings. The Kier molecular flexibility index (Phi) is 2.82. The molecule has 0 saturated heterocycles. The van der Waals surface area contributed by atoms with E-state index in [2.05, 4.69) is 41.4 Å². The Bertz CT molecular complexity index is 659. The van der Waals surface area contributed by atoms with Gasteiger partial charge in [0.15, 0.2) is 5.13 Å². The Morgan fingerprint density at radius 3 is 2.28 bits per heavy atom. The van der Waals surface area contributed by atoms with E-state index < -0.39 is 0 Å². The number of nitrogens with zero attached hydrogens (tertiary/aromatic N) is 1. The number of benzene rings is 2. The summed E-state index contributed by atoms with van der Waals surface area (Å²) < 4.78 is 0. The van der Waals surface area contributed by atoms with Gasteiger partial charge in [0.05, 0.1) is 4.88 Å². The highest BCUT2D eigenvalue weighted by Gasteiger charge is 2.04. The van der Waals surface area contributed by atoms with Crippen molar-refractivity contribution in [2.45, 2.75) is 0 Å². The van der Waals surface area contributed by atoms with Crippen LogP contribution in [0.15, 0.2) is 60.8 Å². The Morgan fingerprint density at radius 2 is 1.56 bits per heavy atom. The minimum Gasteiger partial charge on any atom is -0.375 e. The van der Waals surface area contributed by atoms with Gasteiger partial charge >= 0.3 is 0 Å². The Balaban J connectivity index is 2.05. The van der Waals surface area contributed by atoms with Gasteiger partial charge in [-0.2, -0.15) is 0 Å². The van der Waals surface area contributed by atoms with Gasteiger partial charge in [0.1, 0.15) is 0 Å². The lowest BCUT2D eigenvalue weighted by Crippen LogP contribution is -1.78. The van der Waals surface area contributed by atoms with E-state index in [1.807, 2.05) is 24.4 Å². The van der Waals surface area contributed by atoms with Crippen LogP contribution in [0.4, 0.5) is 5.13 Å². The highest BCUT2D eigenvalue weighted by Crippen LogP contribution is 2.30. The molecule has 3 rings (SSSR count). The van der Waals surface area contributed by atoms with Crippen molar-refractivity contribution in [3.8, 4) is 21.6 Å². The van der Waals surface area contributed by atoms with Crippen molar-refractivity contribution in [1.29, 1.82) is 0 Å². The molecule has 0 aliphatic carbocycles. The van der Waals surface area contributed by atoms with Crippen LogP contribution in [0, 0.1) is 0 Å². The van der Waals surface area contributed by atoms with Crippen molar-refractivity contribution in [1.82, 2.24) is 4.98 Å². The van der Waals surface area contributed by atoms with Crippen LogP contribution >= 0.6 is 11.3 Å². The molecule has 0 aliphatic rings. The first-order valence-corrected chi connectivity index (χ1v) is 6.52. The molecule has 0 saturated carbocycles. The third kappa shape index (κ3) is 2.13. The van der Waals surface area contributed by atoms with Crippen LogP contribution in [0.2, 0.25) is 0 Å². The van der Waals surface area contributed by atoms with E-state index in [-0.39, 0.29) is 0 Å². The average Bonchev–Trinajstić information content (AvgIpc) is 2.87. The summed E-state index contributed by atoms with van der Waals surface area (Å²) in [5, 5.41) is 0.607. The first-order chi connectivity index (χ1) is 8.83. The Hall–Kier alpha value is -2.13. The third-order valence-corrected chi connectivity index (χ3v) is 3.65. The Labute approximate surface area is 110 Å². The standard InChI is InChI=1S/C15H12N2S/c16-15-17-10-14(18-15)13-8-4-7-12(9-13)11-5-2-1-3-6-11/h1-10H,(H2,16,17). The van der Waals surface area contributed by atoms with Crippen LogP contribution in [0.5, 0.6) is 0 Å². The number of aromatic nitrogens is 1. The molecule has 0 bridgehead atoms. The predicted molar refractivity (Wildman–Crippen MR) is 77.4 cm³/mol. The van der Waals surface area contributed by atoms with E-state index in [1.54, 1.807) is 0 Å². The molecule has 0 amide bonds. The second-order valence-electron chi connectivity index (χ2n) is 4.01. The minimum atomic E-state index is 0.607. The zero-order valence-corrected chi connectivity index (χ0v) is 10.5. The van der Waals surface area contributed by atoms with Gasteiger partial charge in [-0.1, -0.05) is 59.9 Å². The summed E-state index contributed by atoms with van der Waals surface area (Å²) in [6, 6.07) is 18.8. The van der Waals surface area contributed by atoms with Gasteiger partial charge in [-0.15, -0.1) is 0 Å². The SMILES string of the molecule is Nc1ncc(-c2cccc(-c3ccccc3)c2)s1. The number of hydrogen-bond donors (Lipinski definition) is 1. The number of anilines is 1. The topological polar surface area (TPSA) is 38.9 Å². The summed E-state index contributed by atoms with van der Waals surface area (Å²) in [6.45, 7) is 0. The molecule has 2 nitrogen and oxygen atoms in total. The maximum Gasteiger partial charge on any atom is 0.180 e. The molecule has 0 spiro atoms. The molecule has 1 heterocycles. The van der Waals surface area contributed by atoms with Gasteiger partial charge in [-0.05, 0) is 22.8 Å². The minimum absolute atomic E-state index is 0.607. The van der Waals surface area contributed by atoms with E-state index in [0.717, 1.165) is 10.4 Å². The van der Waals surface area contributed by atoms with Crippen molar-refractivity contribution in [2.24, 2.45) is 0 Å². The normalized spacial score (nSPS) is 10.4. The van der Waals surface area contributed by atoms with Gasteiger partial charge in [-0.25, -0.2) is 4.98 Å². The monoisotopic (exact) mass is 252 g/mol. The molecule has 3 aromatic rings. The lowest BCUT2D eigenvalue weighted by molar-refractivity contribution is 1.42.